The summed E-state index contributed by atoms with van der Waals surface area (Å²) < 4.78 is 6.81. The van der Waals surface area contributed by atoms with Crippen molar-refractivity contribution in [3.8, 4) is 0 Å². The lowest BCUT2D eigenvalue weighted by Gasteiger charge is -2.20. The minimum absolute atomic E-state index is 0.0109. The highest BCUT2D eigenvalue weighted by Gasteiger charge is 2.17. The van der Waals surface area contributed by atoms with Crippen LogP contribution < -0.4 is 5.32 Å². The maximum Gasteiger partial charge on any atom is 0.223 e. The number of aromatic nitrogens is 2. The van der Waals surface area contributed by atoms with E-state index in [-0.39, 0.29) is 27.1 Å². The lowest BCUT2D eigenvalue weighted by Crippen LogP contribution is -2.14. The first-order valence-electron chi connectivity index (χ1n) is 6.22. The molecule has 1 aromatic carbocycles. The quantitative estimate of drug-likeness (QED) is 0.814. The maximum absolute atomic E-state index is 4.67. The third-order valence-corrected chi connectivity index (χ3v) is 4.38. The molecule has 1 aromatic heterocycles. The summed E-state index contributed by atoms with van der Waals surface area (Å²) in [7, 11) is 0. The van der Waals surface area contributed by atoms with Crippen LogP contribution in [0, 0.1) is 0 Å². The highest BCUT2D eigenvalue weighted by Crippen LogP contribution is 2.30. The number of halogens is 1. The minimum atomic E-state index is -0.232. The van der Waals surface area contributed by atoms with Crippen LogP contribution in [-0.2, 0) is 0 Å². The second kappa shape index (κ2) is 6.51. The molecule has 0 saturated heterocycles. The standard InChI is InChI=1S/C15H13IN4/c1-2-6-12(7-3-1)14(13-8-4-9-16-20-13)19-15-17-10-5-11-18-15/h1-11,14H,(H,17,18,19)/t14-/m0/s1. The van der Waals surface area contributed by atoms with Gasteiger partial charge in [-0.3, -0.25) is 0 Å². The summed E-state index contributed by atoms with van der Waals surface area (Å²) in [6.45, 7) is 0. The van der Waals surface area contributed by atoms with E-state index in [4.69, 9.17) is 0 Å². The van der Waals surface area contributed by atoms with Gasteiger partial charge in [-0.15, -0.1) is 0 Å². The van der Waals surface area contributed by atoms with Crippen LogP contribution in [-0.4, -0.2) is 9.97 Å². The van der Waals surface area contributed by atoms with Crippen molar-refractivity contribution < 1.29 is 0 Å². The Hall–Kier alpha value is -1.89. The number of hydrogen-bond acceptors (Lipinski definition) is 4. The molecule has 1 aliphatic heterocycles. The maximum atomic E-state index is 4.67. The Morgan fingerprint density at radius 2 is 1.80 bits per heavy atom. The van der Waals surface area contributed by atoms with Crippen molar-refractivity contribution >= 4 is 27.0 Å². The molecule has 100 valence electrons. The molecule has 1 aliphatic rings. The summed E-state index contributed by atoms with van der Waals surface area (Å²) in [5.74, 6) is 0.616. The van der Waals surface area contributed by atoms with Crippen molar-refractivity contribution in [3.05, 3.63) is 76.3 Å². The topological polar surface area (TPSA) is 50.2 Å². The largest absolute Gasteiger partial charge is 0.342 e. The Bertz CT molecular complexity index is 650. The van der Waals surface area contributed by atoms with E-state index in [9.17, 15) is 0 Å². The van der Waals surface area contributed by atoms with Gasteiger partial charge in [0.2, 0.25) is 5.95 Å². The number of nitrogens with one attached hydrogen (secondary N) is 1. The van der Waals surface area contributed by atoms with E-state index in [1.54, 1.807) is 18.5 Å². The van der Waals surface area contributed by atoms with Crippen molar-refractivity contribution in [2.45, 2.75) is 6.04 Å². The molecule has 0 bridgehead atoms. The van der Waals surface area contributed by atoms with Gasteiger partial charge in [-0.25, -0.2) is 13.1 Å². The van der Waals surface area contributed by atoms with Crippen LogP contribution in [0.3, 0.4) is 0 Å². The molecule has 0 aliphatic carbocycles. The van der Waals surface area contributed by atoms with Gasteiger partial charge in [0.1, 0.15) is 0 Å². The van der Waals surface area contributed by atoms with E-state index in [1.165, 1.54) is 0 Å². The van der Waals surface area contributed by atoms with Crippen molar-refractivity contribution in [2.75, 3.05) is 5.32 Å². The van der Waals surface area contributed by atoms with E-state index < -0.39 is 0 Å². The molecule has 5 heteroatoms. The monoisotopic (exact) mass is 376 g/mol. The van der Waals surface area contributed by atoms with Gasteiger partial charge in [0.25, 0.3) is 0 Å². The number of nitrogens with zero attached hydrogens (tertiary/aromatic N) is 3. The zero-order valence-corrected chi connectivity index (χ0v) is 12.8. The van der Waals surface area contributed by atoms with Crippen molar-refractivity contribution in [2.24, 2.45) is 3.15 Å². The summed E-state index contributed by atoms with van der Waals surface area (Å²) >= 11 is -0.232. The number of hydrogen-bond donors (Lipinski definition) is 1. The average molecular weight is 376 g/mol. The summed E-state index contributed by atoms with van der Waals surface area (Å²) in [4.78, 5) is 8.48. The van der Waals surface area contributed by atoms with E-state index >= 15 is 0 Å². The zero-order chi connectivity index (χ0) is 13.6. The van der Waals surface area contributed by atoms with Gasteiger partial charge < -0.3 is 5.32 Å². The van der Waals surface area contributed by atoms with E-state index in [2.05, 4.69) is 46.8 Å². The molecule has 2 heterocycles. The lowest BCUT2D eigenvalue weighted by atomic mass is 10.0. The molecule has 1 N–H and O–H groups in total. The third kappa shape index (κ3) is 3.16. The third-order valence-electron chi connectivity index (χ3n) is 2.81. The summed E-state index contributed by atoms with van der Waals surface area (Å²) in [5, 5.41) is 3.36. The van der Waals surface area contributed by atoms with Gasteiger partial charge in [-0.1, -0.05) is 36.4 Å². The first-order chi connectivity index (χ1) is 9.93. The van der Waals surface area contributed by atoms with Crippen molar-refractivity contribution in [1.29, 1.82) is 0 Å². The molecule has 1 atom stereocenters. The zero-order valence-electron chi connectivity index (χ0n) is 10.6. The smallest absolute Gasteiger partial charge is 0.223 e. The van der Waals surface area contributed by atoms with Crippen molar-refractivity contribution in [3.63, 3.8) is 0 Å². The van der Waals surface area contributed by atoms with Gasteiger partial charge in [0.15, 0.2) is 0 Å². The van der Waals surface area contributed by atoms with Crippen LogP contribution in [0.15, 0.2) is 73.9 Å². The fourth-order valence-corrected chi connectivity index (χ4v) is 3.22. The van der Waals surface area contributed by atoms with Gasteiger partial charge in [0, 0.05) is 33.4 Å². The van der Waals surface area contributed by atoms with Crippen LogP contribution in [0.25, 0.3) is 0 Å². The second-order valence-electron chi connectivity index (χ2n) is 4.15. The molecule has 0 amide bonds. The van der Waals surface area contributed by atoms with E-state index in [0.29, 0.717) is 5.95 Å². The van der Waals surface area contributed by atoms with Gasteiger partial charge >= 0.3 is 0 Å². The number of benzene rings is 1. The SMILES string of the molecule is C1=CI=NC([C@@H](Nc2ncccn2)c2ccccc2)=C1. The fourth-order valence-electron chi connectivity index (χ4n) is 1.90. The molecular weight excluding hydrogens is 363 g/mol. The predicted molar refractivity (Wildman–Crippen MR) is 88.5 cm³/mol. The minimum Gasteiger partial charge on any atom is -0.342 e. The summed E-state index contributed by atoms with van der Waals surface area (Å²) in [5.41, 5.74) is 2.20. The molecule has 20 heavy (non-hydrogen) atoms. The molecule has 3 rings (SSSR count). The lowest BCUT2D eigenvalue weighted by molar-refractivity contribution is 0.878. The normalized spacial score (nSPS) is 15.1. The molecule has 0 radical (unpaired) electrons. The van der Waals surface area contributed by atoms with Crippen LogP contribution in [0.1, 0.15) is 11.6 Å². The van der Waals surface area contributed by atoms with E-state index in [1.807, 2.05) is 18.2 Å². The summed E-state index contributed by atoms with van der Waals surface area (Å²) in [6, 6.07) is 12.1. The van der Waals surface area contributed by atoms with Crippen LogP contribution in [0.5, 0.6) is 0 Å². The first kappa shape index (κ1) is 13.1. The van der Waals surface area contributed by atoms with Gasteiger partial charge in [0.05, 0.1) is 11.7 Å². The number of anilines is 1. The Balaban J connectivity index is 1.94. The molecule has 0 unspecified atom stereocenters. The summed E-state index contributed by atoms with van der Waals surface area (Å²) in [6.07, 6.45) is 7.60. The number of rotatable bonds is 4. The average Bonchev–Trinajstić information content (AvgIpc) is 2.55. The van der Waals surface area contributed by atoms with Crippen LogP contribution in [0.2, 0.25) is 0 Å². The van der Waals surface area contributed by atoms with Gasteiger partial charge in [-0.05, 0) is 21.8 Å². The van der Waals surface area contributed by atoms with Crippen molar-refractivity contribution in [1.82, 2.24) is 9.97 Å². The van der Waals surface area contributed by atoms with Gasteiger partial charge in [-0.2, -0.15) is 0 Å². The van der Waals surface area contributed by atoms with Crippen LogP contribution >= 0.6 is 21.0 Å². The molecule has 0 fully saturated rings. The van der Waals surface area contributed by atoms with Crippen LogP contribution in [0.4, 0.5) is 5.95 Å². The molecule has 4 nitrogen and oxygen atoms in total. The fraction of sp³-hybridized carbons (Fsp3) is 0.0667. The van der Waals surface area contributed by atoms with E-state index in [0.717, 1.165) is 11.3 Å². The molecule has 2 aromatic rings. The Kier molecular flexibility index (Phi) is 4.27. The highest BCUT2D eigenvalue weighted by atomic mass is 127. The second-order valence-corrected chi connectivity index (χ2v) is 5.91. The Morgan fingerprint density at radius 1 is 1.00 bits per heavy atom. The first-order valence-corrected chi connectivity index (χ1v) is 8.43. The number of allylic oxidation sites excluding steroid dienone is 2. The Labute approximate surface area is 127 Å². The molecular formula is C15H13IN4. The molecule has 0 saturated carbocycles. The highest BCUT2D eigenvalue weighted by molar-refractivity contribution is 14.2. The molecule has 0 spiro atoms. The Morgan fingerprint density at radius 3 is 2.50 bits per heavy atom. The predicted octanol–water partition coefficient (Wildman–Crippen LogP) is 4.20.